The Balaban J connectivity index is 1.85. The lowest BCUT2D eigenvalue weighted by atomic mass is 10.2. The third-order valence-electron chi connectivity index (χ3n) is 4.25. The van der Waals surface area contributed by atoms with Crippen molar-refractivity contribution in [2.75, 3.05) is 38.0 Å². The Morgan fingerprint density at radius 2 is 2.00 bits per heavy atom. The van der Waals surface area contributed by atoms with Crippen LogP contribution < -0.4 is 5.32 Å². The Morgan fingerprint density at radius 3 is 2.58 bits per heavy atom. The average molecular weight is 343 g/mol. The third kappa shape index (κ3) is 5.79. The van der Waals surface area contributed by atoms with E-state index in [1.165, 1.54) is 4.90 Å². The van der Waals surface area contributed by atoms with Crippen LogP contribution in [0.5, 0.6) is 0 Å². The molecule has 2 rings (SSSR count). The van der Waals surface area contributed by atoms with Gasteiger partial charge in [-0.1, -0.05) is 24.6 Å². The van der Waals surface area contributed by atoms with Gasteiger partial charge in [0.05, 0.1) is 13.1 Å². The number of hydrogen-bond donors (Lipinski definition) is 1. The lowest BCUT2D eigenvalue weighted by molar-refractivity contribution is -0.144. The smallest absolute Gasteiger partial charge is 0.325 e. The fraction of sp³-hybridized carbons (Fsp3) is 0.588. The summed E-state index contributed by atoms with van der Waals surface area (Å²) in [6.45, 7) is 4.60. The van der Waals surface area contributed by atoms with Gasteiger partial charge in [-0.3, -0.25) is 14.6 Å². The van der Waals surface area contributed by atoms with Crippen LogP contribution >= 0.6 is 0 Å². The molecule has 1 fully saturated rings. The zero-order chi connectivity index (χ0) is 17.7. The summed E-state index contributed by atoms with van der Waals surface area (Å²) >= 11 is 0. The number of alkyl halides is 3. The zero-order valence-corrected chi connectivity index (χ0v) is 14.1. The monoisotopic (exact) mass is 343 g/mol. The minimum atomic E-state index is -4.17. The molecule has 7 heteroatoms. The van der Waals surface area contributed by atoms with Crippen LogP contribution in [-0.4, -0.2) is 60.6 Å². The highest BCUT2D eigenvalue weighted by molar-refractivity contribution is 5.92. The number of amides is 1. The van der Waals surface area contributed by atoms with Gasteiger partial charge in [0.25, 0.3) is 0 Å². The number of nitrogens with zero attached hydrogens (tertiary/aromatic N) is 2. The van der Waals surface area contributed by atoms with Gasteiger partial charge < -0.3 is 5.32 Å². The van der Waals surface area contributed by atoms with E-state index < -0.39 is 12.7 Å². The number of anilines is 1. The van der Waals surface area contributed by atoms with Crippen molar-refractivity contribution >= 4 is 11.6 Å². The van der Waals surface area contributed by atoms with Crippen molar-refractivity contribution in [3.05, 3.63) is 29.8 Å². The first-order chi connectivity index (χ1) is 11.3. The van der Waals surface area contributed by atoms with Gasteiger partial charge in [0.2, 0.25) is 5.91 Å². The number of rotatable bonds is 6. The molecular formula is C17H24F3N3O. The van der Waals surface area contributed by atoms with Gasteiger partial charge in [0.15, 0.2) is 0 Å². The van der Waals surface area contributed by atoms with E-state index in [9.17, 15) is 18.0 Å². The molecule has 1 aliphatic rings. The number of aryl methyl sites for hydroxylation is 1. The predicted octanol–water partition coefficient (Wildman–Crippen LogP) is 2.89. The number of hydrogen-bond acceptors (Lipinski definition) is 3. The summed E-state index contributed by atoms with van der Waals surface area (Å²) in [4.78, 5) is 15.5. The fourth-order valence-corrected chi connectivity index (χ4v) is 3.03. The first-order valence-corrected chi connectivity index (χ1v) is 8.16. The van der Waals surface area contributed by atoms with Crippen LogP contribution in [0.25, 0.3) is 0 Å². The number of carbonyl (C=O) groups excluding carboxylic acids is 1. The Kier molecular flexibility index (Phi) is 6.23. The second-order valence-electron chi connectivity index (χ2n) is 6.27. The molecule has 1 aliphatic heterocycles. The number of benzene rings is 1. The summed E-state index contributed by atoms with van der Waals surface area (Å²) in [6, 6.07) is 7.49. The number of likely N-dealkylation sites (N-methyl/N-ethyl adjacent to an activating group) is 1. The summed E-state index contributed by atoms with van der Waals surface area (Å²) < 4.78 is 37.4. The van der Waals surface area contributed by atoms with Crippen molar-refractivity contribution in [1.29, 1.82) is 0 Å². The maximum absolute atomic E-state index is 12.5. The molecule has 1 amide bonds. The second kappa shape index (κ2) is 7.98. The van der Waals surface area contributed by atoms with E-state index in [-0.39, 0.29) is 18.5 Å². The lowest BCUT2D eigenvalue weighted by Gasteiger charge is -2.27. The van der Waals surface area contributed by atoms with E-state index in [1.807, 2.05) is 43.0 Å². The minimum absolute atomic E-state index is 0.0129. The van der Waals surface area contributed by atoms with Gasteiger partial charge in [0.1, 0.15) is 0 Å². The number of nitrogens with one attached hydrogen (secondary N) is 1. The topological polar surface area (TPSA) is 35.6 Å². The molecule has 1 atom stereocenters. The van der Waals surface area contributed by atoms with E-state index in [4.69, 9.17) is 0 Å². The molecule has 1 aromatic rings. The Morgan fingerprint density at radius 1 is 1.33 bits per heavy atom. The summed E-state index contributed by atoms with van der Waals surface area (Å²) in [5, 5.41) is 2.83. The highest BCUT2D eigenvalue weighted by atomic mass is 19.4. The van der Waals surface area contributed by atoms with Gasteiger partial charge in [-0.25, -0.2) is 0 Å². The van der Waals surface area contributed by atoms with Gasteiger partial charge in [-0.05, 0) is 32.0 Å². The molecule has 0 saturated carbocycles. The maximum atomic E-state index is 12.5. The molecule has 1 aromatic carbocycles. The SMILES string of the molecule is CCN(CC(=O)Nc1ccc(C)cc1)C1CCN(CC(F)(F)F)C1. The molecule has 1 heterocycles. The van der Waals surface area contributed by atoms with Crippen LogP contribution in [0.15, 0.2) is 24.3 Å². The highest BCUT2D eigenvalue weighted by Gasteiger charge is 2.36. The largest absolute Gasteiger partial charge is 0.401 e. The van der Waals surface area contributed by atoms with Gasteiger partial charge >= 0.3 is 6.18 Å². The fourth-order valence-electron chi connectivity index (χ4n) is 3.03. The first-order valence-electron chi connectivity index (χ1n) is 8.16. The summed E-state index contributed by atoms with van der Waals surface area (Å²) in [6.07, 6.45) is -3.52. The standard InChI is InChI=1S/C17H24F3N3O/c1-3-23(15-8-9-22(10-15)12-17(18,19)20)11-16(24)21-14-6-4-13(2)5-7-14/h4-7,15H,3,8-12H2,1-2H3,(H,21,24). The number of likely N-dealkylation sites (tertiary alicyclic amines) is 1. The Hall–Kier alpha value is -1.60. The van der Waals surface area contributed by atoms with Crippen LogP contribution in [0.1, 0.15) is 18.9 Å². The van der Waals surface area contributed by atoms with Crippen LogP contribution in [0.3, 0.4) is 0 Å². The number of carbonyl (C=O) groups is 1. The summed E-state index contributed by atoms with van der Waals surface area (Å²) in [7, 11) is 0. The van der Waals surface area contributed by atoms with Crippen molar-refractivity contribution < 1.29 is 18.0 Å². The maximum Gasteiger partial charge on any atom is 0.401 e. The van der Waals surface area contributed by atoms with Crippen molar-refractivity contribution in [3.63, 3.8) is 0 Å². The normalized spacial score (nSPS) is 19.0. The van der Waals surface area contributed by atoms with Crippen LogP contribution in [0, 0.1) is 6.92 Å². The molecule has 0 radical (unpaired) electrons. The minimum Gasteiger partial charge on any atom is -0.325 e. The summed E-state index contributed by atoms with van der Waals surface area (Å²) in [5.74, 6) is -0.144. The van der Waals surface area contributed by atoms with Crippen LogP contribution in [0.4, 0.5) is 18.9 Å². The molecule has 0 aliphatic carbocycles. The van der Waals surface area contributed by atoms with Crippen molar-refractivity contribution in [1.82, 2.24) is 9.80 Å². The molecule has 0 spiro atoms. The molecule has 4 nitrogen and oxygen atoms in total. The molecule has 1 N–H and O–H groups in total. The van der Waals surface area contributed by atoms with E-state index in [0.717, 1.165) is 11.3 Å². The predicted molar refractivity (Wildman–Crippen MR) is 88.0 cm³/mol. The average Bonchev–Trinajstić information content (AvgIpc) is 2.93. The number of halogens is 3. The summed E-state index contributed by atoms with van der Waals surface area (Å²) in [5.41, 5.74) is 1.84. The Bertz CT molecular complexity index is 545. The molecule has 1 unspecified atom stereocenters. The van der Waals surface area contributed by atoms with E-state index in [0.29, 0.717) is 26.1 Å². The van der Waals surface area contributed by atoms with Crippen LogP contribution in [0.2, 0.25) is 0 Å². The van der Waals surface area contributed by atoms with Crippen molar-refractivity contribution in [2.45, 2.75) is 32.5 Å². The van der Waals surface area contributed by atoms with E-state index in [2.05, 4.69) is 5.32 Å². The van der Waals surface area contributed by atoms with E-state index in [1.54, 1.807) is 0 Å². The highest BCUT2D eigenvalue weighted by Crippen LogP contribution is 2.22. The van der Waals surface area contributed by atoms with Gasteiger partial charge in [-0.15, -0.1) is 0 Å². The van der Waals surface area contributed by atoms with E-state index >= 15 is 0 Å². The molecular weight excluding hydrogens is 319 g/mol. The quantitative estimate of drug-likeness (QED) is 0.863. The second-order valence-corrected chi connectivity index (χ2v) is 6.27. The molecule has 0 aromatic heterocycles. The molecule has 1 saturated heterocycles. The first kappa shape index (κ1) is 18.7. The van der Waals surface area contributed by atoms with Gasteiger partial charge in [0, 0.05) is 24.8 Å². The lowest BCUT2D eigenvalue weighted by Crippen LogP contribution is -2.43. The van der Waals surface area contributed by atoms with Gasteiger partial charge in [-0.2, -0.15) is 13.2 Å². The van der Waals surface area contributed by atoms with Crippen molar-refractivity contribution in [3.8, 4) is 0 Å². The van der Waals surface area contributed by atoms with Crippen LogP contribution in [-0.2, 0) is 4.79 Å². The molecule has 24 heavy (non-hydrogen) atoms. The third-order valence-corrected chi connectivity index (χ3v) is 4.25. The molecule has 0 bridgehead atoms. The Labute approximate surface area is 140 Å². The zero-order valence-electron chi connectivity index (χ0n) is 14.1. The van der Waals surface area contributed by atoms with Crippen molar-refractivity contribution in [2.24, 2.45) is 0 Å². The molecule has 134 valence electrons.